The first kappa shape index (κ1) is 18.7. The van der Waals surface area contributed by atoms with Crippen LogP contribution in [0.5, 0.6) is 0 Å². The third-order valence-electron chi connectivity index (χ3n) is 5.44. The number of carbonyl (C=O) groups excluding carboxylic acids is 1. The zero-order chi connectivity index (χ0) is 18.6. The topological polar surface area (TPSA) is 29.5 Å². The van der Waals surface area contributed by atoms with Crippen molar-refractivity contribution in [2.45, 2.75) is 50.7 Å². The molecular formula is C23H29NO2. The van der Waals surface area contributed by atoms with Gasteiger partial charge in [0.2, 0.25) is 0 Å². The van der Waals surface area contributed by atoms with Crippen molar-refractivity contribution in [3.05, 3.63) is 71.8 Å². The van der Waals surface area contributed by atoms with E-state index in [0.717, 1.165) is 24.1 Å². The number of hydrogen-bond donors (Lipinski definition) is 0. The lowest BCUT2D eigenvalue weighted by molar-refractivity contribution is -0.165. The van der Waals surface area contributed by atoms with Gasteiger partial charge in [0, 0.05) is 6.04 Å². The first-order valence-electron chi connectivity index (χ1n) is 9.52. The van der Waals surface area contributed by atoms with Gasteiger partial charge in [0.15, 0.2) is 0 Å². The smallest absolute Gasteiger partial charge is 0.318 e. The van der Waals surface area contributed by atoms with Gasteiger partial charge in [-0.3, -0.25) is 9.69 Å². The molecule has 1 heterocycles. The van der Waals surface area contributed by atoms with E-state index in [0.29, 0.717) is 0 Å². The van der Waals surface area contributed by atoms with Gasteiger partial charge in [0.25, 0.3) is 0 Å². The fourth-order valence-electron chi connectivity index (χ4n) is 4.10. The van der Waals surface area contributed by atoms with Crippen molar-refractivity contribution in [2.75, 3.05) is 13.6 Å². The molecule has 1 unspecified atom stereocenters. The quantitative estimate of drug-likeness (QED) is 0.736. The SMILES string of the molecule is CN1CCCCC1C(C)(C)OC(=O)C(c1ccccc1)c1ccccc1. The molecule has 0 saturated carbocycles. The van der Waals surface area contributed by atoms with Crippen LogP contribution in [0.4, 0.5) is 0 Å². The van der Waals surface area contributed by atoms with E-state index in [1.165, 1.54) is 12.8 Å². The van der Waals surface area contributed by atoms with Crippen LogP contribution in [-0.4, -0.2) is 36.1 Å². The lowest BCUT2D eigenvalue weighted by Crippen LogP contribution is -2.52. The Morgan fingerprint density at radius 2 is 1.54 bits per heavy atom. The maximum absolute atomic E-state index is 13.3. The molecule has 0 aromatic heterocycles. The first-order chi connectivity index (χ1) is 12.5. The number of hydrogen-bond acceptors (Lipinski definition) is 3. The number of benzene rings is 2. The summed E-state index contributed by atoms with van der Waals surface area (Å²) in [5, 5.41) is 0. The van der Waals surface area contributed by atoms with Crippen LogP contribution in [0.25, 0.3) is 0 Å². The number of ether oxygens (including phenoxy) is 1. The number of likely N-dealkylation sites (N-methyl/N-ethyl adjacent to an activating group) is 1. The Hall–Kier alpha value is -2.13. The van der Waals surface area contributed by atoms with Crippen LogP contribution in [0.1, 0.15) is 50.2 Å². The molecule has 0 aliphatic carbocycles. The predicted molar refractivity (Wildman–Crippen MR) is 105 cm³/mol. The van der Waals surface area contributed by atoms with Crippen LogP contribution in [0.15, 0.2) is 60.7 Å². The first-order valence-corrected chi connectivity index (χ1v) is 9.52. The summed E-state index contributed by atoms with van der Waals surface area (Å²) in [6.07, 6.45) is 3.47. The zero-order valence-corrected chi connectivity index (χ0v) is 16.0. The van der Waals surface area contributed by atoms with Gasteiger partial charge in [-0.05, 0) is 51.4 Å². The van der Waals surface area contributed by atoms with Crippen LogP contribution < -0.4 is 0 Å². The molecule has 3 heteroatoms. The summed E-state index contributed by atoms with van der Waals surface area (Å²) >= 11 is 0. The molecular weight excluding hydrogens is 322 g/mol. The largest absolute Gasteiger partial charge is 0.457 e. The molecule has 3 nitrogen and oxygen atoms in total. The van der Waals surface area contributed by atoms with Gasteiger partial charge in [-0.2, -0.15) is 0 Å². The number of likely N-dealkylation sites (tertiary alicyclic amines) is 1. The molecule has 2 aromatic carbocycles. The monoisotopic (exact) mass is 351 g/mol. The van der Waals surface area contributed by atoms with Gasteiger partial charge < -0.3 is 4.74 Å². The molecule has 1 aliphatic heterocycles. The minimum Gasteiger partial charge on any atom is -0.457 e. The molecule has 138 valence electrons. The number of nitrogens with zero attached hydrogens (tertiary/aromatic N) is 1. The highest BCUT2D eigenvalue weighted by Crippen LogP contribution is 2.32. The summed E-state index contributed by atoms with van der Waals surface area (Å²) in [5.41, 5.74) is 1.42. The Morgan fingerprint density at radius 1 is 1.00 bits per heavy atom. The summed E-state index contributed by atoms with van der Waals surface area (Å²) in [6.45, 7) is 5.15. The normalized spacial score (nSPS) is 18.7. The predicted octanol–water partition coefficient (Wildman–Crippen LogP) is 4.62. The zero-order valence-electron chi connectivity index (χ0n) is 16.0. The van der Waals surface area contributed by atoms with Crippen molar-refractivity contribution in [1.82, 2.24) is 4.90 Å². The fourth-order valence-corrected chi connectivity index (χ4v) is 4.10. The molecule has 0 N–H and O–H groups in total. The van der Waals surface area contributed by atoms with Gasteiger partial charge in [0.05, 0.1) is 0 Å². The highest BCUT2D eigenvalue weighted by Gasteiger charge is 2.39. The van der Waals surface area contributed by atoms with E-state index in [1.54, 1.807) is 0 Å². The van der Waals surface area contributed by atoms with Crippen molar-refractivity contribution >= 4 is 5.97 Å². The average Bonchev–Trinajstić information content (AvgIpc) is 2.63. The summed E-state index contributed by atoms with van der Waals surface area (Å²) < 4.78 is 6.14. The molecule has 0 bridgehead atoms. The maximum Gasteiger partial charge on any atom is 0.318 e. The molecule has 0 radical (unpaired) electrons. The minimum atomic E-state index is -0.520. The highest BCUT2D eigenvalue weighted by atomic mass is 16.6. The fraction of sp³-hybridized carbons (Fsp3) is 0.435. The van der Waals surface area contributed by atoms with Crippen LogP contribution >= 0.6 is 0 Å². The Morgan fingerprint density at radius 3 is 2.04 bits per heavy atom. The molecule has 26 heavy (non-hydrogen) atoms. The Bertz CT molecular complexity index is 672. The van der Waals surface area contributed by atoms with Crippen molar-refractivity contribution in [3.63, 3.8) is 0 Å². The Labute approximate surface area is 157 Å². The summed E-state index contributed by atoms with van der Waals surface area (Å²) in [7, 11) is 2.13. The second-order valence-electron chi connectivity index (χ2n) is 7.77. The number of piperidine rings is 1. The summed E-state index contributed by atoms with van der Waals surface area (Å²) in [5.74, 6) is -0.572. The van der Waals surface area contributed by atoms with E-state index >= 15 is 0 Å². The second kappa shape index (κ2) is 8.05. The van der Waals surface area contributed by atoms with Gasteiger partial charge in [-0.15, -0.1) is 0 Å². The summed E-state index contributed by atoms with van der Waals surface area (Å²) in [4.78, 5) is 15.6. The molecule has 1 aliphatic rings. The molecule has 0 amide bonds. The third-order valence-corrected chi connectivity index (χ3v) is 5.44. The van der Waals surface area contributed by atoms with Gasteiger partial charge in [-0.1, -0.05) is 67.1 Å². The molecule has 3 rings (SSSR count). The lowest BCUT2D eigenvalue weighted by Gasteiger charge is -2.43. The van der Waals surface area contributed by atoms with E-state index in [2.05, 4.69) is 11.9 Å². The van der Waals surface area contributed by atoms with Crippen LogP contribution in [0, 0.1) is 0 Å². The number of rotatable bonds is 5. The van der Waals surface area contributed by atoms with Crippen molar-refractivity contribution in [1.29, 1.82) is 0 Å². The standard InChI is InChI=1S/C23H29NO2/c1-23(2,20-16-10-11-17-24(20)3)26-22(25)21(18-12-6-4-7-13-18)19-14-8-5-9-15-19/h4-9,12-15,20-21H,10-11,16-17H2,1-3H3. The second-order valence-corrected chi connectivity index (χ2v) is 7.77. The Kier molecular flexibility index (Phi) is 5.77. The Balaban J connectivity index is 1.86. The minimum absolute atomic E-state index is 0.175. The summed E-state index contributed by atoms with van der Waals surface area (Å²) in [6, 6.07) is 20.1. The average molecular weight is 351 g/mol. The van der Waals surface area contributed by atoms with E-state index in [-0.39, 0.29) is 12.0 Å². The van der Waals surface area contributed by atoms with Crippen LogP contribution in [-0.2, 0) is 9.53 Å². The maximum atomic E-state index is 13.3. The van der Waals surface area contributed by atoms with Crippen molar-refractivity contribution in [2.24, 2.45) is 0 Å². The third kappa shape index (κ3) is 4.16. The van der Waals surface area contributed by atoms with E-state index in [1.807, 2.05) is 74.5 Å². The van der Waals surface area contributed by atoms with Crippen LogP contribution in [0.3, 0.4) is 0 Å². The van der Waals surface area contributed by atoms with Gasteiger partial charge in [-0.25, -0.2) is 0 Å². The number of esters is 1. The molecule has 2 aromatic rings. The van der Waals surface area contributed by atoms with Gasteiger partial charge >= 0.3 is 5.97 Å². The van der Waals surface area contributed by atoms with E-state index in [9.17, 15) is 4.79 Å². The van der Waals surface area contributed by atoms with Crippen LogP contribution in [0.2, 0.25) is 0 Å². The molecule has 1 saturated heterocycles. The lowest BCUT2D eigenvalue weighted by atomic mass is 9.88. The van der Waals surface area contributed by atoms with E-state index < -0.39 is 11.5 Å². The highest BCUT2D eigenvalue weighted by molar-refractivity contribution is 5.82. The molecule has 1 fully saturated rings. The molecule has 1 atom stereocenters. The van der Waals surface area contributed by atoms with Crippen molar-refractivity contribution in [3.8, 4) is 0 Å². The molecule has 0 spiro atoms. The van der Waals surface area contributed by atoms with Crippen molar-refractivity contribution < 1.29 is 9.53 Å². The van der Waals surface area contributed by atoms with Gasteiger partial charge in [0.1, 0.15) is 11.5 Å². The van der Waals surface area contributed by atoms with E-state index in [4.69, 9.17) is 4.74 Å². The number of carbonyl (C=O) groups is 1.